The molecule has 0 aliphatic heterocycles. The normalized spacial score (nSPS) is 16.9. The summed E-state index contributed by atoms with van der Waals surface area (Å²) in [6.07, 6.45) is 7.64. The molecule has 0 bridgehead atoms. The van der Waals surface area contributed by atoms with E-state index in [-0.39, 0.29) is 12.1 Å². The molecule has 1 saturated carbocycles. The zero-order chi connectivity index (χ0) is 12.4. The molecule has 2 aromatic rings. The van der Waals surface area contributed by atoms with Gasteiger partial charge in [0, 0.05) is 17.1 Å². The summed E-state index contributed by atoms with van der Waals surface area (Å²) in [6, 6.07) is 7.60. The van der Waals surface area contributed by atoms with Crippen molar-refractivity contribution in [1.29, 1.82) is 0 Å². The molecule has 0 spiro atoms. The Hall–Kier alpha value is -1.77. The van der Waals surface area contributed by atoms with Crippen molar-refractivity contribution in [1.82, 2.24) is 4.98 Å². The summed E-state index contributed by atoms with van der Waals surface area (Å²) in [5, 5.41) is 1.05. The van der Waals surface area contributed by atoms with Gasteiger partial charge in [-0.2, -0.15) is 0 Å². The Labute approximate surface area is 106 Å². The second kappa shape index (κ2) is 4.84. The van der Waals surface area contributed by atoms with Crippen molar-refractivity contribution in [2.24, 2.45) is 0 Å². The number of fused-ring (bicyclic) bond motifs is 1. The average Bonchev–Trinajstić information content (AvgIpc) is 2.87. The minimum atomic E-state index is -0.190. The molecule has 3 nitrogen and oxygen atoms in total. The lowest BCUT2D eigenvalue weighted by Crippen LogP contribution is -2.20. The summed E-state index contributed by atoms with van der Waals surface area (Å²) in [5.41, 5.74) is 1.69. The molecule has 0 atom stereocenters. The van der Waals surface area contributed by atoms with Crippen molar-refractivity contribution in [2.45, 2.75) is 38.2 Å². The van der Waals surface area contributed by atoms with Crippen LogP contribution in [0.4, 0.5) is 0 Å². The van der Waals surface area contributed by atoms with Gasteiger partial charge in [-0.15, -0.1) is 0 Å². The molecule has 0 unspecified atom stereocenters. The van der Waals surface area contributed by atoms with E-state index in [9.17, 15) is 4.79 Å². The van der Waals surface area contributed by atoms with Crippen LogP contribution in [0.1, 0.15) is 42.5 Å². The Kier molecular flexibility index (Phi) is 3.05. The number of aromatic nitrogens is 1. The molecule has 0 saturated heterocycles. The number of aromatic amines is 1. The topological polar surface area (TPSA) is 42.1 Å². The van der Waals surface area contributed by atoms with Gasteiger partial charge in [-0.25, -0.2) is 4.79 Å². The predicted molar refractivity (Wildman–Crippen MR) is 70.6 cm³/mol. The van der Waals surface area contributed by atoms with Crippen molar-refractivity contribution < 1.29 is 9.53 Å². The van der Waals surface area contributed by atoms with Crippen LogP contribution in [0.5, 0.6) is 0 Å². The third-order valence-corrected chi connectivity index (χ3v) is 3.61. The Morgan fingerprint density at radius 2 is 2.00 bits per heavy atom. The maximum Gasteiger partial charge on any atom is 0.338 e. The molecule has 1 heterocycles. The predicted octanol–water partition coefficient (Wildman–Crippen LogP) is 3.66. The summed E-state index contributed by atoms with van der Waals surface area (Å²) >= 11 is 0. The lowest BCUT2D eigenvalue weighted by atomic mass is 9.98. The lowest BCUT2D eigenvalue weighted by molar-refractivity contribution is 0.0211. The minimum Gasteiger partial charge on any atom is -0.459 e. The second-order valence-electron chi connectivity index (χ2n) is 4.95. The molecule has 0 radical (unpaired) electrons. The molecule has 1 N–H and O–H groups in total. The molecule has 94 valence electrons. The molecule has 1 aromatic heterocycles. The number of rotatable bonds is 2. The zero-order valence-electron chi connectivity index (χ0n) is 10.3. The van der Waals surface area contributed by atoms with Gasteiger partial charge < -0.3 is 9.72 Å². The lowest BCUT2D eigenvalue weighted by Gasteiger charge is -2.21. The summed E-state index contributed by atoms with van der Waals surface area (Å²) in [7, 11) is 0. The van der Waals surface area contributed by atoms with Crippen LogP contribution < -0.4 is 0 Å². The number of hydrogen-bond acceptors (Lipinski definition) is 2. The van der Waals surface area contributed by atoms with Gasteiger partial charge in [0.15, 0.2) is 0 Å². The molecular formula is C15H17NO2. The molecule has 3 rings (SSSR count). The van der Waals surface area contributed by atoms with Gasteiger partial charge >= 0.3 is 5.97 Å². The fourth-order valence-corrected chi connectivity index (χ4v) is 2.58. The van der Waals surface area contributed by atoms with Crippen LogP contribution in [0.15, 0.2) is 30.5 Å². The van der Waals surface area contributed by atoms with Crippen LogP contribution in [-0.2, 0) is 4.74 Å². The molecule has 1 aliphatic carbocycles. The van der Waals surface area contributed by atoms with Crippen LogP contribution in [0, 0.1) is 0 Å². The first kappa shape index (κ1) is 11.3. The van der Waals surface area contributed by atoms with E-state index < -0.39 is 0 Å². The van der Waals surface area contributed by atoms with E-state index in [0.717, 1.165) is 23.7 Å². The first-order valence-electron chi connectivity index (χ1n) is 6.61. The highest BCUT2D eigenvalue weighted by molar-refractivity contribution is 5.94. The first-order valence-corrected chi connectivity index (χ1v) is 6.61. The SMILES string of the molecule is O=C(OC1CCCCC1)c1ccc2[nH]ccc2c1. The molecule has 1 aliphatic rings. The molecular weight excluding hydrogens is 226 g/mol. The first-order chi connectivity index (χ1) is 8.83. The van der Waals surface area contributed by atoms with Crippen LogP contribution in [0.2, 0.25) is 0 Å². The van der Waals surface area contributed by atoms with E-state index in [2.05, 4.69) is 4.98 Å². The van der Waals surface area contributed by atoms with Gasteiger partial charge in [0.2, 0.25) is 0 Å². The zero-order valence-corrected chi connectivity index (χ0v) is 10.3. The van der Waals surface area contributed by atoms with Crippen LogP contribution in [-0.4, -0.2) is 17.1 Å². The Morgan fingerprint density at radius 1 is 1.17 bits per heavy atom. The summed E-state index contributed by atoms with van der Waals surface area (Å²) in [6.45, 7) is 0. The molecule has 1 aromatic carbocycles. The maximum absolute atomic E-state index is 12.0. The fraction of sp³-hybridized carbons (Fsp3) is 0.400. The number of benzene rings is 1. The van der Waals surface area contributed by atoms with Crippen molar-refractivity contribution in [3.8, 4) is 0 Å². The van der Waals surface area contributed by atoms with Crippen LogP contribution >= 0.6 is 0 Å². The van der Waals surface area contributed by atoms with Gasteiger partial charge in [0.25, 0.3) is 0 Å². The fourth-order valence-electron chi connectivity index (χ4n) is 2.58. The highest BCUT2D eigenvalue weighted by Gasteiger charge is 2.18. The number of H-pyrrole nitrogens is 1. The van der Waals surface area contributed by atoms with Gasteiger partial charge in [-0.05, 0) is 49.9 Å². The van der Waals surface area contributed by atoms with E-state index >= 15 is 0 Å². The second-order valence-corrected chi connectivity index (χ2v) is 4.95. The van der Waals surface area contributed by atoms with Crippen LogP contribution in [0.25, 0.3) is 10.9 Å². The summed E-state index contributed by atoms with van der Waals surface area (Å²) < 4.78 is 5.55. The molecule has 18 heavy (non-hydrogen) atoms. The Balaban J connectivity index is 1.74. The summed E-state index contributed by atoms with van der Waals surface area (Å²) in [4.78, 5) is 15.2. The van der Waals surface area contributed by atoms with Gasteiger partial charge in [0.05, 0.1) is 5.56 Å². The van der Waals surface area contributed by atoms with Gasteiger partial charge in [-0.1, -0.05) is 6.42 Å². The molecule has 1 fully saturated rings. The third-order valence-electron chi connectivity index (χ3n) is 3.61. The Bertz CT molecular complexity index is 552. The quantitative estimate of drug-likeness (QED) is 0.818. The van der Waals surface area contributed by atoms with E-state index in [1.165, 1.54) is 19.3 Å². The number of carbonyl (C=O) groups excluding carboxylic acids is 1. The van der Waals surface area contributed by atoms with Crippen LogP contribution in [0.3, 0.4) is 0 Å². The number of ether oxygens (including phenoxy) is 1. The van der Waals surface area contributed by atoms with E-state index in [1.54, 1.807) is 0 Å². The minimum absolute atomic E-state index is 0.119. The van der Waals surface area contributed by atoms with Crippen molar-refractivity contribution in [3.63, 3.8) is 0 Å². The monoisotopic (exact) mass is 243 g/mol. The number of hydrogen-bond donors (Lipinski definition) is 1. The van der Waals surface area contributed by atoms with Gasteiger partial charge in [0.1, 0.15) is 6.10 Å². The van der Waals surface area contributed by atoms with E-state index in [4.69, 9.17) is 4.74 Å². The summed E-state index contributed by atoms with van der Waals surface area (Å²) in [5.74, 6) is -0.190. The number of carbonyl (C=O) groups is 1. The largest absolute Gasteiger partial charge is 0.459 e. The highest BCUT2D eigenvalue weighted by atomic mass is 16.5. The van der Waals surface area contributed by atoms with Gasteiger partial charge in [-0.3, -0.25) is 0 Å². The number of nitrogens with one attached hydrogen (secondary N) is 1. The van der Waals surface area contributed by atoms with E-state index in [0.29, 0.717) is 5.56 Å². The van der Waals surface area contributed by atoms with Crippen molar-refractivity contribution in [2.75, 3.05) is 0 Å². The van der Waals surface area contributed by atoms with Crippen molar-refractivity contribution >= 4 is 16.9 Å². The average molecular weight is 243 g/mol. The smallest absolute Gasteiger partial charge is 0.338 e. The maximum atomic E-state index is 12.0. The number of esters is 1. The Morgan fingerprint density at radius 3 is 2.83 bits per heavy atom. The standard InChI is InChI=1S/C15H17NO2/c17-15(18-13-4-2-1-3-5-13)12-6-7-14-11(10-12)8-9-16-14/h6-10,13,16H,1-5H2. The van der Waals surface area contributed by atoms with Crippen molar-refractivity contribution in [3.05, 3.63) is 36.0 Å². The van der Waals surface area contributed by atoms with E-state index in [1.807, 2.05) is 30.5 Å². The highest BCUT2D eigenvalue weighted by Crippen LogP contribution is 2.22. The molecule has 3 heteroatoms. The molecule has 0 amide bonds. The third kappa shape index (κ3) is 2.26.